The number of rotatable bonds is 7. The Bertz CT molecular complexity index is 745. The molecule has 1 saturated carbocycles. The molecule has 146 valence electrons. The summed E-state index contributed by atoms with van der Waals surface area (Å²) >= 11 is 0. The van der Waals surface area contributed by atoms with Gasteiger partial charge in [0.05, 0.1) is 19.1 Å². The molecule has 1 aromatic rings. The molecular weight excluding hydrogens is 356 g/mol. The van der Waals surface area contributed by atoms with Gasteiger partial charge in [0, 0.05) is 26.1 Å². The number of hydrogen-bond donors (Lipinski definition) is 0. The van der Waals surface area contributed by atoms with Crippen LogP contribution in [0.2, 0.25) is 0 Å². The van der Waals surface area contributed by atoms with E-state index in [2.05, 4.69) is 6.92 Å². The van der Waals surface area contributed by atoms with Crippen molar-refractivity contribution in [3.8, 4) is 0 Å². The van der Waals surface area contributed by atoms with Gasteiger partial charge >= 0.3 is 5.97 Å². The summed E-state index contributed by atoms with van der Waals surface area (Å²) in [5.41, 5.74) is 0. The first-order valence-corrected chi connectivity index (χ1v) is 10.7. The van der Waals surface area contributed by atoms with E-state index in [1.54, 1.807) is 14.0 Å². The van der Waals surface area contributed by atoms with Crippen molar-refractivity contribution in [1.29, 1.82) is 0 Å². The van der Waals surface area contributed by atoms with Crippen molar-refractivity contribution < 1.29 is 22.4 Å². The average molecular weight is 384 g/mol. The lowest BCUT2D eigenvalue weighted by Crippen LogP contribution is -2.48. The van der Waals surface area contributed by atoms with Gasteiger partial charge in [0.25, 0.3) is 10.2 Å². The van der Waals surface area contributed by atoms with Crippen LogP contribution >= 0.6 is 0 Å². The van der Waals surface area contributed by atoms with Crippen LogP contribution in [0.15, 0.2) is 16.5 Å². The first-order chi connectivity index (χ1) is 12.3. The topological polar surface area (TPSA) is 80.1 Å². The Morgan fingerprint density at radius 2 is 2.15 bits per heavy atom. The third-order valence-corrected chi connectivity index (χ3v) is 7.16. The summed E-state index contributed by atoms with van der Waals surface area (Å²) in [6.07, 6.45) is 2.45. The molecule has 0 bridgehead atoms. The molecular formula is C18H28N2O5S. The minimum absolute atomic E-state index is 0.175. The van der Waals surface area contributed by atoms with E-state index in [1.165, 1.54) is 8.61 Å². The van der Waals surface area contributed by atoms with Gasteiger partial charge in [-0.1, -0.05) is 6.92 Å². The summed E-state index contributed by atoms with van der Waals surface area (Å²) in [4.78, 5) is 12.0. The second kappa shape index (κ2) is 7.70. The maximum absolute atomic E-state index is 12.9. The SMILES string of the molecule is CCOC(=O)[C@@H]1CCCN(S(=O)(=O)N(C)Cc2ccc([C@H]3C[C@H]3C)o2)C1. The van der Waals surface area contributed by atoms with Crippen LogP contribution in [0.4, 0.5) is 0 Å². The first kappa shape index (κ1) is 19.4. The number of ether oxygens (including phenoxy) is 1. The van der Waals surface area contributed by atoms with Crippen LogP contribution in [0, 0.1) is 11.8 Å². The molecule has 3 atom stereocenters. The van der Waals surface area contributed by atoms with E-state index in [4.69, 9.17) is 9.15 Å². The van der Waals surface area contributed by atoms with Crippen molar-refractivity contribution in [3.05, 3.63) is 23.7 Å². The third kappa shape index (κ3) is 4.13. The van der Waals surface area contributed by atoms with Gasteiger partial charge in [-0.15, -0.1) is 0 Å². The van der Waals surface area contributed by atoms with E-state index in [-0.39, 0.29) is 19.1 Å². The molecule has 0 spiro atoms. The van der Waals surface area contributed by atoms with E-state index in [9.17, 15) is 13.2 Å². The molecule has 1 aliphatic heterocycles. The number of carbonyl (C=O) groups excluding carboxylic acids is 1. The molecule has 0 amide bonds. The van der Waals surface area contributed by atoms with Gasteiger partial charge in [0.1, 0.15) is 11.5 Å². The lowest BCUT2D eigenvalue weighted by Gasteiger charge is -2.33. The second-order valence-electron chi connectivity index (χ2n) is 7.34. The summed E-state index contributed by atoms with van der Waals surface area (Å²) in [6, 6.07) is 3.80. The minimum atomic E-state index is -3.65. The number of piperidine rings is 1. The van der Waals surface area contributed by atoms with Crippen LogP contribution in [0.25, 0.3) is 0 Å². The minimum Gasteiger partial charge on any atom is -0.466 e. The molecule has 0 N–H and O–H groups in total. The fourth-order valence-corrected chi connectivity index (χ4v) is 4.91. The van der Waals surface area contributed by atoms with Crippen molar-refractivity contribution in [3.63, 3.8) is 0 Å². The zero-order valence-electron chi connectivity index (χ0n) is 15.7. The van der Waals surface area contributed by atoms with Crippen molar-refractivity contribution >= 4 is 16.2 Å². The van der Waals surface area contributed by atoms with E-state index >= 15 is 0 Å². The number of furan rings is 1. The monoisotopic (exact) mass is 384 g/mol. The van der Waals surface area contributed by atoms with Crippen LogP contribution in [0.1, 0.15) is 50.5 Å². The van der Waals surface area contributed by atoms with Gasteiger partial charge in [-0.05, 0) is 44.2 Å². The molecule has 26 heavy (non-hydrogen) atoms. The third-order valence-electron chi connectivity index (χ3n) is 5.26. The van der Waals surface area contributed by atoms with E-state index < -0.39 is 16.1 Å². The Morgan fingerprint density at radius 1 is 1.42 bits per heavy atom. The molecule has 8 heteroatoms. The molecule has 1 aromatic heterocycles. The van der Waals surface area contributed by atoms with Crippen LogP contribution in [-0.2, 0) is 26.3 Å². The Morgan fingerprint density at radius 3 is 2.81 bits per heavy atom. The van der Waals surface area contributed by atoms with Crippen molar-refractivity contribution in [2.24, 2.45) is 11.8 Å². The molecule has 1 saturated heterocycles. The predicted molar refractivity (Wildman–Crippen MR) is 96.5 cm³/mol. The summed E-state index contributed by atoms with van der Waals surface area (Å²) in [5, 5.41) is 0. The van der Waals surface area contributed by atoms with Gasteiger partial charge in [-0.3, -0.25) is 4.79 Å². The van der Waals surface area contributed by atoms with Gasteiger partial charge < -0.3 is 9.15 Å². The summed E-state index contributed by atoms with van der Waals surface area (Å²) in [5.74, 6) is 1.99. The van der Waals surface area contributed by atoms with Crippen LogP contribution in [0.5, 0.6) is 0 Å². The van der Waals surface area contributed by atoms with Gasteiger partial charge in [0.15, 0.2) is 0 Å². The molecule has 7 nitrogen and oxygen atoms in total. The van der Waals surface area contributed by atoms with Gasteiger partial charge in [-0.2, -0.15) is 17.0 Å². The van der Waals surface area contributed by atoms with E-state index in [1.807, 2.05) is 12.1 Å². The second-order valence-corrected chi connectivity index (χ2v) is 9.37. The highest BCUT2D eigenvalue weighted by atomic mass is 32.2. The number of nitrogens with zero attached hydrogens (tertiary/aromatic N) is 2. The van der Waals surface area contributed by atoms with Gasteiger partial charge in [0.2, 0.25) is 0 Å². The largest absolute Gasteiger partial charge is 0.466 e. The highest BCUT2D eigenvalue weighted by Crippen LogP contribution is 2.47. The van der Waals surface area contributed by atoms with Crippen molar-refractivity contribution in [1.82, 2.24) is 8.61 Å². The highest BCUT2D eigenvalue weighted by molar-refractivity contribution is 7.86. The summed E-state index contributed by atoms with van der Waals surface area (Å²) in [7, 11) is -2.10. The standard InChI is InChI=1S/C18H28N2O5S/c1-4-24-18(21)14-6-5-9-20(11-14)26(22,23)19(3)12-15-7-8-17(25-15)16-10-13(16)2/h7-8,13-14,16H,4-6,9-12H2,1-3H3/t13-,14-,16+/m1/s1. The normalized spacial score (nSPS) is 26.8. The predicted octanol–water partition coefficient (Wildman–Crippen LogP) is 2.35. The fraction of sp³-hybridized carbons (Fsp3) is 0.722. The maximum atomic E-state index is 12.9. The molecule has 1 aliphatic carbocycles. The zero-order chi connectivity index (χ0) is 18.9. The Labute approximate surface area is 155 Å². The van der Waals surface area contributed by atoms with Crippen LogP contribution in [-0.4, -0.2) is 49.7 Å². The van der Waals surface area contributed by atoms with Crippen molar-refractivity contribution in [2.45, 2.75) is 45.6 Å². The molecule has 2 aliphatic rings. The Balaban J connectivity index is 1.62. The van der Waals surface area contributed by atoms with Crippen LogP contribution in [0.3, 0.4) is 0 Å². The zero-order valence-corrected chi connectivity index (χ0v) is 16.5. The quantitative estimate of drug-likeness (QED) is 0.674. The molecule has 0 radical (unpaired) electrons. The number of hydrogen-bond acceptors (Lipinski definition) is 5. The Kier molecular flexibility index (Phi) is 5.74. The Hall–Kier alpha value is -1.38. The van der Waals surface area contributed by atoms with Crippen molar-refractivity contribution in [2.75, 3.05) is 26.7 Å². The lowest BCUT2D eigenvalue weighted by atomic mass is 10.0. The number of esters is 1. The highest BCUT2D eigenvalue weighted by Gasteiger charge is 2.38. The molecule has 3 rings (SSSR count). The van der Waals surface area contributed by atoms with E-state index in [0.717, 1.165) is 12.2 Å². The van der Waals surface area contributed by atoms with E-state index in [0.29, 0.717) is 43.6 Å². The average Bonchev–Trinajstić information content (AvgIpc) is 3.16. The fourth-order valence-electron chi connectivity index (χ4n) is 3.50. The molecule has 0 unspecified atom stereocenters. The summed E-state index contributed by atoms with van der Waals surface area (Å²) < 4.78 is 39.3. The summed E-state index contributed by atoms with van der Waals surface area (Å²) in [6.45, 7) is 5.02. The smallest absolute Gasteiger partial charge is 0.310 e. The van der Waals surface area contributed by atoms with Gasteiger partial charge in [-0.25, -0.2) is 0 Å². The molecule has 2 heterocycles. The van der Waals surface area contributed by atoms with Crippen LogP contribution < -0.4 is 0 Å². The first-order valence-electron chi connectivity index (χ1n) is 9.29. The molecule has 0 aromatic carbocycles. The lowest BCUT2D eigenvalue weighted by molar-refractivity contribution is -0.149. The maximum Gasteiger partial charge on any atom is 0.310 e. The number of carbonyl (C=O) groups is 1. The molecule has 2 fully saturated rings.